The van der Waals surface area contributed by atoms with Crippen LogP contribution in [0.1, 0.15) is 25.7 Å². The maximum absolute atomic E-state index is 4.37. The van der Waals surface area contributed by atoms with Crippen LogP contribution in [-0.2, 0) is 0 Å². The Kier molecular flexibility index (Phi) is 5.70. The first kappa shape index (κ1) is 14.9. The lowest BCUT2D eigenvalue weighted by Crippen LogP contribution is -2.44. The van der Waals surface area contributed by atoms with Crippen molar-refractivity contribution in [2.75, 3.05) is 39.8 Å². The maximum atomic E-state index is 4.37. The number of nitrogens with zero attached hydrogens (tertiary/aromatic N) is 3. The first-order valence-electron chi connectivity index (χ1n) is 7.23. The molecule has 0 saturated carbocycles. The summed E-state index contributed by atoms with van der Waals surface area (Å²) in [6.07, 6.45) is 5.40. The normalized spacial score (nSPS) is 25.7. The zero-order valence-electron chi connectivity index (χ0n) is 11.9. The summed E-state index contributed by atoms with van der Waals surface area (Å²) in [6, 6.07) is 0.714. The highest BCUT2D eigenvalue weighted by Gasteiger charge is 2.29. The summed E-state index contributed by atoms with van der Waals surface area (Å²) < 4.78 is 0.959. The van der Waals surface area contributed by atoms with Gasteiger partial charge in [-0.25, -0.2) is 0 Å². The van der Waals surface area contributed by atoms with Crippen molar-refractivity contribution in [1.82, 2.24) is 15.1 Å². The van der Waals surface area contributed by atoms with Gasteiger partial charge in [0.2, 0.25) is 0 Å². The molecule has 2 fully saturated rings. The number of aliphatic imine (C=N–C) groups is 1. The van der Waals surface area contributed by atoms with Crippen LogP contribution in [-0.4, -0.2) is 61.6 Å². The Hall–Kier alpha value is -0.550. The monoisotopic (exact) mass is 328 g/mol. The van der Waals surface area contributed by atoms with Crippen LogP contribution < -0.4 is 5.32 Å². The Morgan fingerprint density at radius 2 is 2.05 bits per heavy atom. The van der Waals surface area contributed by atoms with Gasteiger partial charge in [-0.3, -0.25) is 9.89 Å². The molecule has 5 heteroatoms. The van der Waals surface area contributed by atoms with Crippen molar-refractivity contribution in [3.8, 4) is 0 Å². The summed E-state index contributed by atoms with van der Waals surface area (Å²) in [5.74, 6) is 1.00. The molecule has 2 aliphatic rings. The summed E-state index contributed by atoms with van der Waals surface area (Å²) in [4.78, 5) is 9.41. The minimum Gasteiger partial charge on any atom is -0.352 e. The Morgan fingerprint density at radius 3 is 2.68 bits per heavy atom. The van der Waals surface area contributed by atoms with Gasteiger partial charge in [0, 0.05) is 37.2 Å². The molecule has 19 heavy (non-hydrogen) atoms. The Morgan fingerprint density at radius 1 is 1.32 bits per heavy atom. The zero-order chi connectivity index (χ0) is 13.7. The van der Waals surface area contributed by atoms with E-state index in [1.165, 1.54) is 38.8 Å². The lowest BCUT2D eigenvalue weighted by atomic mass is 10.1. The number of halogens is 1. The minimum absolute atomic E-state index is 0.714. The number of piperidine rings is 1. The molecular weight excluding hydrogens is 304 g/mol. The molecule has 1 atom stereocenters. The molecule has 0 aromatic heterocycles. The molecule has 4 nitrogen and oxygen atoms in total. The third-order valence-corrected chi connectivity index (χ3v) is 4.30. The summed E-state index contributed by atoms with van der Waals surface area (Å²) >= 11 is 3.38. The van der Waals surface area contributed by atoms with Crippen LogP contribution in [0, 0.1) is 0 Å². The summed E-state index contributed by atoms with van der Waals surface area (Å²) in [6.45, 7) is 9.36. The topological polar surface area (TPSA) is 30.9 Å². The van der Waals surface area contributed by atoms with Crippen LogP contribution in [0.3, 0.4) is 0 Å². The molecule has 108 valence electrons. The van der Waals surface area contributed by atoms with Crippen molar-refractivity contribution in [3.05, 3.63) is 11.1 Å². The van der Waals surface area contributed by atoms with Crippen molar-refractivity contribution in [2.45, 2.75) is 31.7 Å². The molecule has 0 spiro atoms. The van der Waals surface area contributed by atoms with Gasteiger partial charge in [0.25, 0.3) is 0 Å². The van der Waals surface area contributed by atoms with Gasteiger partial charge in [-0.15, -0.1) is 0 Å². The second kappa shape index (κ2) is 7.29. The number of hydrogen-bond donors (Lipinski definition) is 1. The van der Waals surface area contributed by atoms with E-state index in [0.717, 1.165) is 30.1 Å². The lowest BCUT2D eigenvalue weighted by Gasteiger charge is -2.32. The zero-order valence-corrected chi connectivity index (χ0v) is 13.5. The fourth-order valence-electron chi connectivity index (χ4n) is 3.02. The fourth-order valence-corrected chi connectivity index (χ4v) is 3.16. The molecule has 0 bridgehead atoms. The number of hydrogen-bond acceptors (Lipinski definition) is 2. The molecule has 2 aliphatic heterocycles. The lowest BCUT2D eigenvalue weighted by molar-refractivity contribution is 0.168. The fraction of sp³-hybridized carbons (Fsp3) is 0.786. The predicted molar refractivity (Wildman–Crippen MR) is 84.8 cm³/mol. The van der Waals surface area contributed by atoms with Gasteiger partial charge in [-0.05, 0) is 32.4 Å². The van der Waals surface area contributed by atoms with Crippen molar-refractivity contribution >= 4 is 21.9 Å². The van der Waals surface area contributed by atoms with E-state index in [9.17, 15) is 0 Å². The van der Waals surface area contributed by atoms with Gasteiger partial charge in [0.15, 0.2) is 5.96 Å². The van der Waals surface area contributed by atoms with E-state index in [0.29, 0.717) is 6.04 Å². The standard InChI is InChI=1S/C14H25BrN4/c1-12(15)10-17-14(16-2)19-9-6-13(11-19)18-7-4-3-5-8-18/h13H,1,3-11H2,2H3,(H,16,17). The predicted octanol–water partition coefficient (Wildman–Crippen LogP) is 2.03. The molecule has 0 radical (unpaired) electrons. The average molecular weight is 329 g/mol. The number of nitrogens with one attached hydrogen (secondary N) is 1. The highest BCUT2D eigenvalue weighted by atomic mass is 79.9. The van der Waals surface area contributed by atoms with E-state index in [4.69, 9.17) is 0 Å². The quantitative estimate of drug-likeness (QED) is 0.635. The van der Waals surface area contributed by atoms with Crippen molar-refractivity contribution in [2.24, 2.45) is 4.99 Å². The highest BCUT2D eigenvalue weighted by molar-refractivity contribution is 9.11. The minimum atomic E-state index is 0.714. The number of guanidine groups is 1. The highest BCUT2D eigenvalue weighted by Crippen LogP contribution is 2.20. The molecule has 1 unspecified atom stereocenters. The van der Waals surface area contributed by atoms with E-state index < -0.39 is 0 Å². The molecule has 0 amide bonds. The van der Waals surface area contributed by atoms with Crippen molar-refractivity contribution < 1.29 is 0 Å². The Labute approximate surface area is 125 Å². The van der Waals surface area contributed by atoms with E-state index in [1.807, 2.05) is 7.05 Å². The number of rotatable bonds is 3. The third kappa shape index (κ3) is 4.21. The van der Waals surface area contributed by atoms with Gasteiger partial charge in [0.05, 0.1) is 0 Å². The molecule has 0 aliphatic carbocycles. The van der Waals surface area contributed by atoms with Crippen LogP contribution in [0.4, 0.5) is 0 Å². The van der Waals surface area contributed by atoms with Crippen LogP contribution in [0.2, 0.25) is 0 Å². The van der Waals surface area contributed by atoms with Crippen LogP contribution in [0.15, 0.2) is 16.1 Å². The van der Waals surface area contributed by atoms with Crippen LogP contribution in [0.25, 0.3) is 0 Å². The third-order valence-electron chi connectivity index (χ3n) is 4.02. The number of likely N-dealkylation sites (tertiary alicyclic amines) is 2. The molecule has 1 N–H and O–H groups in total. The van der Waals surface area contributed by atoms with E-state index >= 15 is 0 Å². The SMILES string of the molecule is C=C(Br)CNC(=NC)N1CCC(N2CCCCC2)C1. The van der Waals surface area contributed by atoms with Crippen LogP contribution in [0.5, 0.6) is 0 Å². The first-order chi connectivity index (χ1) is 9.20. The Balaban J connectivity index is 1.84. The molecule has 2 heterocycles. The average Bonchev–Trinajstić information content (AvgIpc) is 2.90. The van der Waals surface area contributed by atoms with Gasteiger partial charge in [-0.2, -0.15) is 0 Å². The van der Waals surface area contributed by atoms with Gasteiger partial charge < -0.3 is 10.2 Å². The summed E-state index contributed by atoms with van der Waals surface area (Å²) in [5.41, 5.74) is 0. The molecule has 2 rings (SSSR count). The second-order valence-electron chi connectivity index (χ2n) is 5.40. The summed E-state index contributed by atoms with van der Waals surface area (Å²) in [7, 11) is 1.85. The van der Waals surface area contributed by atoms with Gasteiger partial charge in [-0.1, -0.05) is 28.9 Å². The van der Waals surface area contributed by atoms with E-state index in [2.05, 4.69) is 42.6 Å². The smallest absolute Gasteiger partial charge is 0.193 e. The maximum Gasteiger partial charge on any atom is 0.193 e. The second-order valence-corrected chi connectivity index (χ2v) is 6.52. The van der Waals surface area contributed by atoms with Gasteiger partial charge in [0.1, 0.15) is 0 Å². The molecule has 0 aromatic rings. The van der Waals surface area contributed by atoms with E-state index in [1.54, 1.807) is 0 Å². The largest absolute Gasteiger partial charge is 0.352 e. The molecular formula is C14H25BrN4. The Bertz CT molecular complexity index is 336. The van der Waals surface area contributed by atoms with Crippen molar-refractivity contribution in [3.63, 3.8) is 0 Å². The van der Waals surface area contributed by atoms with E-state index in [-0.39, 0.29) is 0 Å². The van der Waals surface area contributed by atoms with Crippen LogP contribution >= 0.6 is 15.9 Å². The first-order valence-corrected chi connectivity index (χ1v) is 8.03. The summed E-state index contributed by atoms with van der Waals surface area (Å²) in [5, 5.41) is 3.35. The van der Waals surface area contributed by atoms with Gasteiger partial charge >= 0.3 is 0 Å². The molecule has 0 aromatic carbocycles. The molecule has 2 saturated heterocycles. The van der Waals surface area contributed by atoms with Crippen molar-refractivity contribution in [1.29, 1.82) is 0 Å².